The molecule has 0 rings (SSSR count). The molecule has 0 amide bonds. The molecule has 6 heteroatoms. The molecule has 9 heavy (non-hydrogen) atoms. The van der Waals surface area contributed by atoms with E-state index in [1.54, 1.807) is 0 Å². The van der Waals surface area contributed by atoms with Crippen LogP contribution < -0.4 is 10.5 Å². The molecule has 0 aromatic rings. The van der Waals surface area contributed by atoms with Crippen LogP contribution in [-0.2, 0) is 10.2 Å². The fraction of sp³-hybridized carbons (Fsp3) is 1.00. The molecule has 0 radical (unpaired) electrons. The first-order valence-electron chi connectivity index (χ1n) is 2.38. The topological polar surface area (TPSA) is 75.4 Å². The van der Waals surface area contributed by atoms with Gasteiger partial charge in [0.15, 0.2) is 0 Å². The maximum atomic E-state index is 10.7. The molecule has 0 aromatic heterocycles. The van der Waals surface area contributed by atoms with E-state index in [4.69, 9.17) is 5.73 Å². The van der Waals surface area contributed by atoms with Crippen LogP contribution >= 0.6 is 0 Å². The summed E-state index contributed by atoms with van der Waals surface area (Å²) in [7, 11) is -0.433. The first-order valence-corrected chi connectivity index (χ1v) is 3.82. The van der Waals surface area contributed by atoms with Crippen molar-refractivity contribution in [2.45, 2.75) is 0 Å². The minimum atomic E-state index is -3.29. The lowest BCUT2D eigenvalue weighted by Crippen LogP contribution is -2.38. The summed E-state index contributed by atoms with van der Waals surface area (Å²) in [5.41, 5.74) is 4.94. The summed E-state index contributed by atoms with van der Waals surface area (Å²) >= 11 is 0. The van der Waals surface area contributed by atoms with Crippen LogP contribution in [0.1, 0.15) is 0 Å². The van der Waals surface area contributed by atoms with Gasteiger partial charge in [0.05, 0.1) is 6.67 Å². The Morgan fingerprint density at radius 3 is 2.11 bits per heavy atom. The number of rotatable bonds is 3. The van der Waals surface area contributed by atoms with Gasteiger partial charge in [-0.25, -0.2) is 0 Å². The van der Waals surface area contributed by atoms with E-state index in [0.717, 1.165) is 4.31 Å². The van der Waals surface area contributed by atoms with Crippen LogP contribution in [0.5, 0.6) is 0 Å². The van der Waals surface area contributed by atoms with Crippen molar-refractivity contribution in [3.63, 3.8) is 0 Å². The fourth-order valence-corrected chi connectivity index (χ4v) is 0.703. The Hall–Kier alpha value is -0.170. The molecule has 0 atom stereocenters. The molecule has 56 valence electrons. The Bertz CT molecular complexity index is 162. The maximum absolute atomic E-state index is 10.7. The van der Waals surface area contributed by atoms with E-state index in [1.807, 2.05) is 0 Å². The summed E-state index contributed by atoms with van der Waals surface area (Å²) in [6.07, 6.45) is 0. The molecule has 3 N–H and O–H groups in total. The van der Waals surface area contributed by atoms with Crippen LogP contribution in [0, 0.1) is 0 Å². The molecule has 0 unspecified atom stereocenters. The number of nitrogens with two attached hydrogens (primary N) is 1. The van der Waals surface area contributed by atoms with E-state index in [9.17, 15) is 8.42 Å². The van der Waals surface area contributed by atoms with Crippen LogP contribution in [0.2, 0.25) is 0 Å². The minimum absolute atomic E-state index is 0.0689. The maximum Gasteiger partial charge on any atom is 0.280 e. The summed E-state index contributed by atoms with van der Waals surface area (Å²) in [6, 6.07) is 0. The molecule has 5 nitrogen and oxygen atoms in total. The zero-order valence-corrected chi connectivity index (χ0v) is 6.27. The third kappa shape index (κ3) is 2.75. The molecule has 0 spiro atoms. The molecular formula is C3H11N3O2S. The van der Waals surface area contributed by atoms with Crippen LogP contribution in [0.25, 0.3) is 0 Å². The molecule has 0 aliphatic carbocycles. The Balaban J connectivity index is 4.05. The Morgan fingerprint density at radius 2 is 2.00 bits per heavy atom. The average molecular weight is 153 g/mol. The number of nitrogens with zero attached hydrogens (tertiary/aromatic N) is 1. The standard InChI is InChI=1S/C3H11N3O2S/c1-6(2)9(7,8)5-3-4/h5H,3-4H2,1-2H3. The van der Waals surface area contributed by atoms with Crippen molar-refractivity contribution in [2.75, 3.05) is 20.8 Å². The van der Waals surface area contributed by atoms with Crippen molar-refractivity contribution in [3.8, 4) is 0 Å². The van der Waals surface area contributed by atoms with Gasteiger partial charge < -0.3 is 5.73 Å². The average Bonchev–Trinajstić information content (AvgIpc) is 1.65. The molecule has 0 aromatic carbocycles. The lowest BCUT2D eigenvalue weighted by molar-refractivity contribution is 0.507. The molecule has 0 saturated heterocycles. The summed E-state index contributed by atoms with van der Waals surface area (Å²) in [6.45, 7) is -0.0689. The third-order valence-corrected chi connectivity index (χ3v) is 2.24. The Kier molecular flexibility index (Phi) is 3.06. The van der Waals surface area contributed by atoms with Crippen molar-refractivity contribution in [1.82, 2.24) is 9.03 Å². The van der Waals surface area contributed by atoms with Gasteiger partial charge in [-0.2, -0.15) is 17.4 Å². The van der Waals surface area contributed by atoms with Crippen LogP contribution in [-0.4, -0.2) is 33.5 Å². The van der Waals surface area contributed by atoms with E-state index in [0.29, 0.717) is 0 Å². The van der Waals surface area contributed by atoms with E-state index >= 15 is 0 Å². The van der Waals surface area contributed by atoms with Gasteiger partial charge in [0, 0.05) is 14.1 Å². The predicted octanol–water partition coefficient (Wildman–Crippen LogP) is -1.70. The van der Waals surface area contributed by atoms with Crippen molar-refractivity contribution in [1.29, 1.82) is 0 Å². The van der Waals surface area contributed by atoms with Crippen LogP contribution in [0.15, 0.2) is 0 Å². The summed E-state index contributed by atoms with van der Waals surface area (Å²) in [5.74, 6) is 0. The zero-order valence-electron chi connectivity index (χ0n) is 5.46. The highest BCUT2D eigenvalue weighted by molar-refractivity contribution is 7.87. The quantitative estimate of drug-likeness (QED) is 0.474. The Labute approximate surface area is 55.0 Å². The molecule has 0 bridgehead atoms. The highest BCUT2D eigenvalue weighted by atomic mass is 32.2. The van der Waals surface area contributed by atoms with Gasteiger partial charge in [0.2, 0.25) is 0 Å². The van der Waals surface area contributed by atoms with Crippen molar-refractivity contribution >= 4 is 10.2 Å². The van der Waals surface area contributed by atoms with Crippen LogP contribution in [0.4, 0.5) is 0 Å². The normalized spacial score (nSPS) is 12.4. The summed E-state index contributed by atoms with van der Waals surface area (Å²) in [5, 5.41) is 0. The summed E-state index contributed by atoms with van der Waals surface area (Å²) < 4.78 is 24.5. The van der Waals surface area contributed by atoms with Gasteiger partial charge in [-0.1, -0.05) is 0 Å². The highest BCUT2D eigenvalue weighted by Gasteiger charge is 2.09. The highest BCUT2D eigenvalue weighted by Crippen LogP contribution is 1.83. The van der Waals surface area contributed by atoms with E-state index in [2.05, 4.69) is 4.72 Å². The molecule has 0 heterocycles. The lowest BCUT2D eigenvalue weighted by Gasteiger charge is -2.09. The van der Waals surface area contributed by atoms with E-state index in [1.165, 1.54) is 14.1 Å². The third-order valence-electron chi connectivity index (χ3n) is 0.746. The predicted molar refractivity (Wildman–Crippen MR) is 34.8 cm³/mol. The molecule has 0 fully saturated rings. The van der Waals surface area contributed by atoms with Gasteiger partial charge >= 0.3 is 0 Å². The van der Waals surface area contributed by atoms with Crippen molar-refractivity contribution in [3.05, 3.63) is 0 Å². The number of hydrogen-bond acceptors (Lipinski definition) is 3. The second-order valence-electron chi connectivity index (χ2n) is 1.64. The van der Waals surface area contributed by atoms with Gasteiger partial charge in [-0.3, -0.25) is 0 Å². The molecule has 0 aliphatic rings. The van der Waals surface area contributed by atoms with Gasteiger partial charge in [-0.05, 0) is 0 Å². The minimum Gasteiger partial charge on any atom is -0.318 e. The molecular weight excluding hydrogens is 142 g/mol. The monoisotopic (exact) mass is 153 g/mol. The summed E-state index contributed by atoms with van der Waals surface area (Å²) in [4.78, 5) is 0. The smallest absolute Gasteiger partial charge is 0.280 e. The Morgan fingerprint density at radius 1 is 1.56 bits per heavy atom. The van der Waals surface area contributed by atoms with E-state index < -0.39 is 10.2 Å². The lowest BCUT2D eigenvalue weighted by atomic mass is 11.3. The van der Waals surface area contributed by atoms with Crippen molar-refractivity contribution in [2.24, 2.45) is 5.73 Å². The van der Waals surface area contributed by atoms with Gasteiger partial charge in [0.25, 0.3) is 10.2 Å². The largest absolute Gasteiger partial charge is 0.318 e. The number of hydrogen-bond donors (Lipinski definition) is 2. The fourth-order valence-electron chi connectivity index (χ4n) is 0.234. The SMILES string of the molecule is CN(C)S(=O)(=O)NCN. The molecule has 0 saturated carbocycles. The van der Waals surface area contributed by atoms with Gasteiger partial charge in [0.1, 0.15) is 0 Å². The molecule has 0 aliphatic heterocycles. The second-order valence-corrected chi connectivity index (χ2v) is 3.60. The van der Waals surface area contributed by atoms with Crippen LogP contribution in [0.3, 0.4) is 0 Å². The van der Waals surface area contributed by atoms with Crippen molar-refractivity contribution < 1.29 is 8.42 Å². The first kappa shape index (κ1) is 8.83. The van der Waals surface area contributed by atoms with E-state index in [-0.39, 0.29) is 6.67 Å². The zero-order chi connectivity index (χ0) is 7.49. The number of nitrogens with one attached hydrogen (secondary N) is 1. The first-order chi connectivity index (χ1) is 4.00. The second kappa shape index (κ2) is 3.11. The van der Waals surface area contributed by atoms with Gasteiger partial charge in [-0.15, -0.1) is 0 Å².